The predicted molar refractivity (Wildman–Crippen MR) is 72.6 cm³/mol. The molecular weight excluding hydrogens is 224 g/mol. The summed E-state index contributed by atoms with van der Waals surface area (Å²) in [6.45, 7) is 8.84. The van der Waals surface area contributed by atoms with E-state index in [0.29, 0.717) is 0 Å². The van der Waals surface area contributed by atoms with Gasteiger partial charge in [-0.2, -0.15) is 5.10 Å². The first-order valence-electron chi connectivity index (χ1n) is 6.32. The van der Waals surface area contributed by atoms with Gasteiger partial charge in [0, 0.05) is 6.54 Å². The van der Waals surface area contributed by atoms with Gasteiger partial charge in [0.15, 0.2) is 0 Å². The van der Waals surface area contributed by atoms with E-state index >= 15 is 0 Å². The van der Waals surface area contributed by atoms with Crippen molar-refractivity contribution in [2.75, 3.05) is 0 Å². The van der Waals surface area contributed by atoms with Crippen LogP contribution in [0.15, 0.2) is 24.3 Å². The van der Waals surface area contributed by atoms with Crippen LogP contribution in [-0.4, -0.2) is 14.9 Å². The van der Waals surface area contributed by atoms with E-state index in [0.717, 1.165) is 29.1 Å². The Kier molecular flexibility index (Phi) is 3.53. The summed E-state index contributed by atoms with van der Waals surface area (Å²) in [7, 11) is 0. The van der Waals surface area contributed by atoms with Crippen LogP contribution in [0, 0.1) is 20.8 Å². The molecule has 0 spiro atoms. The molecule has 1 aromatic heterocycles. The maximum Gasteiger partial charge on any atom is 0.121 e. The van der Waals surface area contributed by atoms with Crippen molar-refractivity contribution >= 4 is 0 Å². The zero-order valence-electron chi connectivity index (χ0n) is 11.4. The number of nitrogens with zero attached hydrogens (tertiary/aromatic N) is 2. The highest BCUT2D eigenvalue weighted by Gasteiger charge is 2.17. The van der Waals surface area contributed by atoms with Gasteiger partial charge in [-0.05, 0) is 44.9 Å². The van der Waals surface area contributed by atoms with Gasteiger partial charge in [-0.3, -0.25) is 4.68 Å². The molecule has 1 heterocycles. The zero-order valence-corrected chi connectivity index (χ0v) is 11.4. The molecule has 0 radical (unpaired) electrons. The van der Waals surface area contributed by atoms with Crippen molar-refractivity contribution in [2.24, 2.45) is 0 Å². The van der Waals surface area contributed by atoms with E-state index in [2.05, 4.69) is 18.1 Å². The van der Waals surface area contributed by atoms with Crippen molar-refractivity contribution in [1.29, 1.82) is 0 Å². The molecule has 0 aliphatic heterocycles. The summed E-state index contributed by atoms with van der Waals surface area (Å²) in [5, 5.41) is 14.9. The van der Waals surface area contributed by atoms with E-state index in [1.807, 2.05) is 43.7 Å². The van der Waals surface area contributed by atoms with Crippen LogP contribution in [0.4, 0.5) is 0 Å². The highest BCUT2D eigenvalue weighted by Crippen LogP contribution is 2.26. The molecule has 0 aliphatic rings. The minimum Gasteiger partial charge on any atom is -0.382 e. The van der Waals surface area contributed by atoms with E-state index < -0.39 is 6.10 Å². The second-order valence-electron chi connectivity index (χ2n) is 4.79. The van der Waals surface area contributed by atoms with Gasteiger partial charge < -0.3 is 5.11 Å². The lowest BCUT2D eigenvalue weighted by Crippen LogP contribution is -2.10. The molecule has 1 atom stereocenters. The van der Waals surface area contributed by atoms with Crippen molar-refractivity contribution in [3.63, 3.8) is 0 Å². The Balaban J connectivity index is 2.43. The fourth-order valence-corrected chi connectivity index (χ4v) is 2.33. The Bertz CT molecular complexity index is 558. The number of rotatable bonds is 3. The van der Waals surface area contributed by atoms with Crippen LogP contribution >= 0.6 is 0 Å². The van der Waals surface area contributed by atoms with Gasteiger partial charge in [-0.25, -0.2) is 0 Å². The normalized spacial score (nSPS) is 12.7. The van der Waals surface area contributed by atoms with Crippen LogP contribution in [-0.2, 0) is 6.54 Å². The van der Waals surface area contributed by atoms with Crippen LogP contribution in [0.25, 0.3) is 0 Å². The van der Waals surface area contributed by atoms with Gasteiger partial charge in [0.1, 0.15) is 6.10 Å². The fourth-order valence-electron chi connectivity index (χ4n) is 2.33. The molecule has 96 valence electrons. The lowest BCUT2D eigenvalue weighted by atomic mass is 9.99. The molecular formula is C15H20N2O. The van der Waals surface area contributed by atoms with Crippen LogP contribution in [0.5, 0.6) is 0 Å². The Morgan fingerprint density at radius 1 is 1.22 bits per heavy atom. The van der Waals surface area contributed by atoms with E-state index in [1.54, 1.807) is 0 Å². The summed E-state index contributed by atoms with van der Waals surface area (Å²) in [5.41, 5.74) is 5.08. The molecule has 0 saturated carbocycles. The molecule has 3 heteroatoms. The number of aryl methyl sites for hydroxylation is 4. The summed E-state index contributed by atoms with van der Waals surface area (Å²) in [6, 6.07) is 8.08. The Hall–Kier alpha value is -1.61. The summed E-state index contributed by atoms with van der Waals surface area (Å²) >= 11 is 0. The van der Waals surface area contributed by atoms with Crippen molar-refractivity contribution in [2.45, 2.75) is 40.3 Å². The maximum absolute atomic E-state index is 10.5. The van der Waals surface area contributed by atoms with Crippen molar-refractivity contribution in [1.82, 2.24) is 9.78 Å². The minimum absolute atomic E-state index is 0.605. The lowest BCUT2D eigenvalue weighted by Gasteiger charge is -2.15. The van der Waals surface area contributed by atoms with Gasteiger partial charge in [0.25, 0.3) is 0 Å². The van der Waals surface area contributed by atoms with Crippen LogP contribution in [0.2, 0.25) is 0 Å². The molecule has 0 fully saturated rings. The van der Waals surface area contributed by atoms with Gasteiger partial charge in [-0.15, -0.1) is 0 Å². The van der Waals surface area contributed by atoms with Crippen molar-refractivity contribution in [3.05, 3.63) is 52.3 Å². The predicted octanol–water partition coefficient (Wildman–Crippen LogP) is 2.91. The van der Waals surface area contributed by atoms with E-state index in [4.69, 9.17) is 0 Å². The molecule has 0 bridgehead atoms. The summed E-state index contributed by atoms with van der Waals surface area (Å²) < 4.78 is 1.86. The highest BCUT2D eigenvalue weighted by molar-refractivity contribution is 5.36. The molecule has 18 heavy (non-hydrogen) atoms. The maximum atomic E-state index is 10.5. The largest absolute Gasteiger partial charge is 0.382 e. The second kappa shape index (κ2) is 4.94. The first-order chi connectivity index (χ1) is 8.52. The van der Waals surface area contributed by atoms with E-state index in [-0.39, 0.29) is 0 Å². The van der Waals surface area contributed by atoms with E-state index in [9.17, 15) is 5.11 Å². The monoisotopic (exact) mass is 244 g/mol. The summed E-state index contributed by atoms with van der Waals surface area (Å²) in [6.07, 6.45) is -0.605. The number of aliphatic hydroxyl groups excluding tert-OH is 1. The third kappa shape index (κ3) is 2.31. The van der Waals surface area contributed by atoms with E-state index in [1.165, 1.54) is 5.56 Å². The number of benzene rings is 1. The molecule has 0 aliphatic carbocycles. The zero-order chi connectivity index (χ0) is 13.3. The quantitative estimate of drug-likeness (QED) is 0.901. The van der Waals surface area contributed by atoms with Crippen molar-refractivity contribution < 1.29 is 5.11 Å². The first kappa shape index (κ1) is 12.8. The topological polar surface area (TPSA) is 38.0 Å². The number of hydrogen-bond acceptors (Lipinski definition) is 2. The SMILES string of the molecule is CCn1nc(C)cc1C(O)c1ccc(C)cc1C. The molecule has 3 nitrogen and oxygen atoms in total. The van der Waals surface area contributed by atoms with Gasteiger partial charge in [0.2, 0.25) is 0 Å². The number of hydrogen-bond donors (Lipinski definition) is 1. The second-order valence-corrected chi connectivity index (χ2v) is 4.79. The molecule has 0 amide bonds. The van der Waals surface area contributed by atoms with Gasteiger partial charge >= 0.3 is 0 Å². The summed E-state index contributed by atoms with van der Waals surface area (Å²) in [5.74, 6) is 0. The molecule has 2 rings (SSSR count). The third-order valence-electron chi connectivity index (χ3n) is 3.23. The van der Waals surface area contributed by atoms with Crippen LogP contribution in [0.3, 0.4) is 0 Å². The first-order valence-corrected chi connectivity index (χ1v) is 6.32. The smallest absolute Gasteiger partial charge is 0.121 e. The number of aromatic nitrogens is 2. The average Bonchev–Trinajstić information content (AvgIpc) is 2.69. The van der Waals surface area contributed by atoms with Crippen LogP contribution < -0.4 is 0 Å². The average molecular weight is 244 g/mol. The third-order valence-corrected chi connectivity index (χ3v) is 3.23. The molecule has 1 aromatic carbocycles. The molecule has 1 unspecified atom stereocenters. The fraction of sp³-hybridized carbons (Fsp3) is 0.400. The van der Waals surface area contributed by atoms with Gasteiger partial charge in [0.05, 0.1) is 11.4 Å². The van der Waals surface area contributed by atoms with Crippen LogP contribution in [0.1, 0.15) is 41.1 Å². The number of aliphatic hydroxyl groups is 1. The summed E-state index contributed by atoms with van der Waals surface area (Å²) in [4.78, 5) is 0. The van der Waals surface area contributed by atoms with Crippen molar-refractivity contribution in [3.8, 4) is 0 Å². The lowest BCUT2D eigenvalue weighted by molar-refractivity contribution is 0.207. The molecule has 2 aromatic rings. The minimum atomic E-state index is -0.605. The Morgan fingerprint density at radius 3 is 2.56 bits per heavy atom. The van der Waals surface area contributed by atoms with Gasteiger partial charge in [-0.1, -0.05) is 23.8 Å². The Labute approximate surface area is 108 Å². The molecule has 1 N–H and O–H groups in total. The highest BCUT2D eigenvalue weighted by atomic mass is 16.3. The molecule has 0 saturated heterocycles. The standard InChI is InChI=1S/C15H20N2O/c1-5-17-14(9-12(4)16-17)15(18)13-7-6-10(2)8-11(13)3/h6-9,15,18H,5H2,1-4H3. The Morgan fingerprint density at radius 2 is 1.94 bits per heavy atom.